The van der Waals surface area contributed by atoms with E-state index in [1.165, 1.54) is 0 Å². The van der Waals surface area contributed by atoms with Crippen LogP contribution in [-0.2, 0) is 9.53 Å². The largest absolute Gasteiger partial charge is 0.480 e. The Morgan fingerprint density at radius 1 is 1.59 bits per heavy atom. The van der Waals surface area contributed by atoms with Crippen LogP contribution < -0.4 is 0 Å². The lowest BCUT2D eigenvalue weighted by atomic mass is 10.1. The highest BCUT2D eigenvalue weighted by Crippen LogP contribution is 2.08. The molecule has 0 radical (unpaired) electrons. The maximum absolute atomic E-state index is 10.6. The van der Waals surface area contributed by atoms with Gasteiger partial charge in [0.1, 0.15) is 0 Å². The first-order valence-corrected chi connectivity index (χ1v) is 6.21. The van der Waals surface area contributed by atoms with E-state index in [0.29, 0.717) is 12.5 Å². The van der Waals surface area contributed by atoms with Crippen LogP contribution in [0.1, 0.15) is 13.8 Å². The number of likely N-dealkylation sites (N-methyl/N-ethyl adjacent to an activating group) is 1. The molecule has 0 bridgehead atoms. The summed E-state index contributed by atoms with van der Waals surface area (Å²) in [5.41, 5.74) is 0. The Morgan fingerprint density at radius 2 is 2.29 bits per heavy atom. The maximum atomic E-state index is 10.6. The lowest BCUT2D eigenvalue weighted by Gasteiger charge is -2.35. The van der Waals surface area contributed by atoms with E-state index in [1.807, 2.05) is 7.05 Å². The minimum atomic E-state index is -0.789. The monoisotopic (exact) mass is 244 g/mol. The first kappa shape index (κ1) is 14.4. The van der Waals surface area contributed by atoms with E-state index in [2.05, 4.69) is 18.7 Å². The standard InChI is InChI=1S/C12H24N2O3/c1-10(2)6-14-4-5-17-11(8-14)7-13(3)9-12(15)16/h10-11H,4-9H2,1-3H3,(H,15,16). The van der Waals surface area contributed by atoms with Crippen molar-refractivity contribution in [1.82, 2.24) is 9.80 Å². The molecule has 1 unspecified atom stereocenters. The molecule has 100 valence electrons. The highest BCUT2D eigenvalue weighted by molar-refractivity contribution is 5.68. The second-order valence-corrected chi connectivity index (χ2v) is 5.24. The van der Waals surface area contributed by atoms with Gasteiger partial charge in [-0.25, -0.2) is 0 Å². The van der Waals surface area contributed by atoms with E-state index < -0.39 is 5.97 Å². The lowest BCUT2D eigenvalue weighted by molar-refractivity contribution is -0.138. The van der Waals surface area contributed by atoms with Crippen LogP contribution in [0.4, 0.5) is 0 Å². The fourth-order valence-corrected chi connectivity index (χ4v) is 2.22. The minimum Gasteiger partial charge on any atom is -0.480 e. The molecule has 1 rings (SSSR count). The van der Waals surface area contributed by atoms with Gasteiger partial charge in [0.05, 0.1) is 19.3 Å². The Labute approximate surface area is 103 Å². The van der Waals surface area contributed by atoms with Gasteiger partial charge in [-0.1, -0.05) is 13.8 Å². The zero-order valence-corrected chi connectivity index (χ0v) is 11.1. The molecule has 5 heteroatoms. The van der Waals surface area contributed by atoms with Crippen LogP contribution in [0.25, 0.3) is 0 Å². The van der Waals surface area contributed by atoms with Crippen LogP contribution in [0.15, 0.2) is 0 Å². The number of carboxylic acid groups (broad SMARTS) is 1. The number of morpholine rings is 1. The summed E-state index contributed by atoms with van der Waals surface area (Å²) >= 11 is 0. The summed E-state index contributed by atoms with van der Waals surface area (Å²) in [5, 5.41) is 8.69. The Hall–Kier alpha value is -0.650. The average molecular weight is 244 g/mol. The zero-order chi connectivity index (χ0) is 12.8. The molecule has 1 heterocycles. The van der Waals surface area contributed by atoms with Crippen LogP contribution in [0.2, 0.25) is 0 Å². The summed E-state index contributed by atoms with van der Waals surface area (Å²) in [6, 6.07) is 0. The Kier molecular flexibility index (Phi) is 5.88. The van der Waals surface area contributed by atoms with Crippen molar-refractivity contribution in [3.8, 4) is 0 Å². The van der Waals surface area contributed by atoms with Gasteiger partial charge < -0.3 is 9.84 Å². The van der Waals surface area contributed by atoms with Crippen molar-refractivity contribution in [2.24, 2.45) is 5.92 Å². The van der Waals surface area contributed by atoms with E-state index >= 15 is 0 Å². The molecule has 1 fully saturated rings. The first-order valence-electron chi connectivity index (χ1n) is 6.21. The van der Waals surface area contributed by atoms with Gasteiger partial charge in [0.15, 0.2) is 0 Å². The molecule has 0 aromatic heterocycles. The van der Waals surface area contributed by atoms with E-state index in [-0.39, 0.29) is 12.6 Å². The van der Waals surface area contributed by atoms with Crippen LogP contribution in [0, 0.1) is 5.92 Å². The second kappa shape index (κ2) is 6.93. The molecule has 17 heavy (non-hydrogen) atoms. The van der Waals surface area contributed by atoms with E-state index in [4.69, 9.17) is 9.84 Å². The van der Waals surface area contributed by atoms with Crippen molar-refractivity contribution in [3.63, 3.8) is 0 Å². The van der Waals surface area contributed by atoms with Gasteiger partial charge in [-0.05, 0) is 13.0 Å². The molecular weight excluding hydrogens is 220 g/mol. The topological polar surface area (TPSA) is 53.0 Å². The quantitative estimate of drug-likeness (QED) is 0.731. The summed E-state index contributed by atoms with van der Waals surface area (Å²) in [4.78, 5) is 14.8. The number of carboxylic acids is 1. The van der Waals surface area contributed by atoms with Crippen LogP contribution in [0.3, 0.4) is 0 Å². The normalized spacial score (nSPS) is 22.3. The summed E-state index contributed by atoms with van der Waals surface area (Å²) < 4.78 is 5.67. The van der Waals surface area contributed by atoms with Gasteiger partial charge in [-0.3, -0.25) is 14.6 Å². The van der Waals surface area contributed by atoms with E-state index in [9.17, 15) is 4.79 Å². The molecule has 0 aliphatic carbocycles. The first-order chi connectivity index (χ1) is 7.97. The number of carbonyl (C=O) groups is 1. The molecule has 0 aromatic carbocycles. The molecule has 1 aliphatic heterocycles. The second-order valence-electron chi connectivity index (χ2n) is 5.24. The predicted octanol–water partition coefficient (Wildman–Crippen LogP) is 0.360. The van der Waals surface area contributed by atoms with Crippen molar-refractivity contribution >= 4 is 5.97 Å². The van der Waals surface area contributed by atoms with Crippen molar-refractivity contribution in [3.05, 3.63) is 0 Å². The Bertz CT molecular complexity index is 246. The zero-order valence-electron chi connectivity index (χ0n) is 11.1. The third-order valence-electron chi connectivity index (χ3n) is 2.77. The molecule has 1 N–H and O–H groups in total. The molecule has 0 amide bonds. The third-order valence-corrected chi connectivity index (χ3v) is 2.77. The SMILES string of the molecule is CC(C)CN1CCOC(CN(C)CC(=O)O)C1. The van der Waals surface area contributed by atoms with Gasteiger partial charge in [0.25, 0.3) is 0 Å². The number of hydrogen-bond acceptors (Lipinski definition) is 4. The summed E-state index contributed by atoms with van der Waals surface area (Å²) in [5.74, 6) is -0.132. The van der Waals surface area contributed by atoms with Crippen LogP contribution in [0.5, 0.6) is 0 Å². The van der Waals surface area contributed by atoms with Crippen molar-refractivity contribution in [2.75, 3.05) is 46.4 Å². The maximum Gasteiger partial charge on any atom is 0.317 e. The van der Waals surface area contributed by atoms with Gasteiger partial charge in [-0.15, -0.1) is 0 Å². The predicted molar refractivity (Wildman–Crippen MR) is 66.2 cm³/mol. The number of nitrogens with zero attached hydrogens (tertiary/aromatic N) is 2. The van der Waals surface area contributed by atoms with Crippen molar-refractivity contribution in [2.45, 2.75) is 20.0 Å². The number of aliphatic carboxylic acids is 1. The smallest absolute Gasteiger partial charge is 0.317 e. The average Bonchev–Trinajstić information content (AvgIpc) is 2.14. The highest BCUT2D eigenvalue weighted by atomic mass is 16.5. The fraction of sp³-hybridized carbons (Fsp3) is 0.917. The molecule has 0 aromatic rings. The minimum absolute atomic E-state index is 0.0735. The molecule has 1 saturated heterocycles. The highest BCUT2D eigenvalue weighted by Gasteiger charge is 2.22. The molecule has 1 atom stereocenters. The van der Waals surface area contributed by atoms with Crippen LogP contribution in [-0.4, -0.2) is 73.4 Å². The van der Waals surface area contributed by atoms with Crippen molar-refractivity contribution in [1.29, 1.82) is 0 Å². The van der Waals surface area contributed by atoms with Gasteiger partial charge in [-0.2, -0.15) is 0 Å². The fourth-order valence-electron chi connectivity index (χ4n) is 2.22. The van der Waals surface area contributed by atoms with Gasteiger partial charge >= 0.3 is 5.97 Å². The number of hydrogen-bond donors (Lipinski definition) is 1. The van der Waals surface area contributed by atoms with Crippen molar-refractivity contribution < 1.29 is 14.6 Å². The van der Waals surface area contributed by atoms with E-state index in [0.717, 1.165) is 26.2 Å². The molecular formula is C12H24N2O3. The van der Waals surface area contributed by atoms with Gasteiger partial charge in [0, 0.05) is 26.2 Å². The molecule has 0 spiro atoms. The van der Waals surface area contributed by atoms with Gasteiger partial charge in [0.2, 0.25) is 0 Å². The molecule has 5 nitrogen and oxygen atoms in total. The number of ether oxygens (including phenoxy) is 1. The van der Waals surface area contributed by atoms with Crippen LogP contribution >= 0.6 is 0 Å². The number of rotatable bonds is 6. The Balaban J connectivity index is 2.31. The molecule has 1 aliphatic rings. The lowest BCUT2D eigenvalue weighted by Crippen LogP contribution is -2.48. The summed E-state index contributed by atoms with van der Waals surface area (Å²) in [6.45, 7) is 8.90. The van der Waals surface area contributed by atoms with E-state index in [1.54, 1.807) is 4.90 Å². The molecule has 0 saturated carbocycles. The Morgan fingerprint density at radius 3 is 2.88 bits per heavy atom. The summed E-state index contributed by atoms with van der Waals surface area (Å²) in [6.07, 6.45) is 0.131. The summed E-state index contributed by atoms with van der Waals surface area (Å²) in [7, 11) is 1.82. The third kappa shape index (κ3) is 6.00.